The summed E-state index contributed by atoms with van der Waals surface area (Å²) in [5.41, 5.74) is 0. The molecule has 0 bridgehead atoms. The van der Waals surface area contributed by atoms with Gasteiger partial charge in [-0.1, -0.05) is 0 Å². The second-order valence-electron chi connectivity index (χ2n) is 1.44. The van der Waals surface area contributed by atoms with Crippen molar-refractivity contribution in [3.8, 4) is 0 Å². The summed E-state index contributed by atoms with van der Waals surface area (Å²) >= 11 is 0. The van der Waals surface area contributed by atoms with Crippen molar-refractivity contribution in [2.75, 3.05) is 6.61 Å². The third-order valence-corrected chi connectivity index (χ3v) is 0.764. The number of hydrogen-bond donors (Lipinski definition) is 1. The summed E-state index contributed by atoms with van der Waals surface area (Å²) in [6, 6.07) is 0. The van der Waals surface area contributed by atoms with Crippen molar-refractivity contribution >= 4 is 35.5 Å². The molecule has 0 aromatic rings. The first kappa shape index (κ1) is 12.1. The van der Waals surface area contributed by atoms with Crippen LogP contribution in [0.1, 0.15) is 13.8 Å². The molecule has 0 aromatic heterocycles. The van der Waals surface area contributed by atoms with Crippen molar-refractivity contribution < 1.29 is 14.6 Å². The van der Waals surface area contributed by atoms with Crippen LogP contribution in [0.25, 0.3) is 0 Å². The molecule has 1 N–H and O–H groups in total. The number of carboxylic acid groups (broad SMARTS) is 1. The van der Waals surface area contributed by atoms with Gasteiger partial charge in [0.15, 0.2) is 6.10 Å². The average Bonchev–Trinajstić information content (AvgIpc) is 1.67. The van der Waals surface area contributed by atoms with Crippen LogP contribution in [-0.2, 0) is 9.53 Å². The molecule has 0 aromatic carbocycles. The summed E-state index contributed by atoms with van der Waals surface area (Å²) in [6.07, 6.45) is -0.667. The van der Waals surface area contributed by atoms with Crippen LogP contribution in [0.2, 0.25) is 0 Å². The van der Waals surface area contributed by atoms with Gasteiger partial charge in [0, 0.05) is 6.61 Å². The summed E-state index contributed by atoms with van der Waals surface area (Å²) in [6.45, 7) is 3.72. The average molecular weight is 142 g/mol. The van der Waals surface area contributed by atoms with Crippen molar-refractivity contribution in [2.45, 2.75) is 20.0 Å². The van der Waals surface area contributed by atoms with E-state index in [1.807, 2.05) is 0 Å². The minimum absolute atomic E-state index is 0. The molecule has 0 heterocycles. The maximum absolute atomic E-state index is 9.96. The molecule has 0 amide bonds. The van der Waals surface area contributed by atoms with E-state index in [9.17, 15) is 4.79 Å². The van der Waals surface area contributed by atoms with Gasteiger partial charge in [0.05, 0.1) is 0 Å². The number of aliphatic carboxylic acids is 1. The Morgan fingerprint density at radius 3 is 2.33 bits per heavy atom. The van der Waals surface area contributed by atoms with Gasteiger partial charge in [0.25, 0.3) is 0 Å². The molecule has 1 unspecified atom stereocenters. The second kappa shape index (κ2) is 6.55. The fourth-order valence-electron chi connectivity index (χ4n) is 0.321. The summed E-state index contributed by atoms with van der Waals surface area (Å²) in [7, 11) is 0. The molecule has 3 nitrogen and oxygen atoms in total. The Morgan fingerprint density at radius 1 is 1.78 bits per heavy atom. The van der Waals surface area contributed by atoms with Gasteiger partial charge in [-0.15, -0.1) is 0 Å². The quantitative estimate of drug-likeness (QED) is 0.557. The number of hydrogen-bond acceptors (Lipinski definition) is 2. The number of carbonyl (C=O) groups is 1. The van der Waals surface area contributed by atoms with Crippen LogP contribution in [0, 0.1) is 0 Å². The molecule has 0 spiro atoms. The molecule has 0 saturated heterocycles. The molecule has 0 rings (SSSR count). The van der Waals surface area contributed by atoms with Crippen molar-refractivity contribution in [3.63, 3.8) is 0 Å². The van der Waals surface area contributed by atoms with Crippen LogP contribution in [0.3, 0.4) is 0 Å². The first-order valence-electron chi connectivity index (χ1n) is 2.53. The van der Waals surface area contributed by atoms with Gasteiger partial charge in [0.1, 0.15) is 0 Å². The van der Waals surface area contributed by atoms with Crippen LogP contribution >= 0.6 is 0 Å². The molecular weight excluding hydrogens is 131 g/mol. The van der Waals surface area contributed by atoms with E-state index in [-0.39, 0.29) is 29.6 Å². The third kappa shape index (κ3) is 6.31. The number of ether oxygens (including phenoxy) is 1. The molecule has 0 aliphatic carbocycles. The summed E-state index contributed by atoms with van der Waals surface area (Å²) in [5.74, 6) is -0.910. The van der Waals surface area contributed by atoms with E-state index in [0.29, 0.717) is 6.61 Å². The Hall–Kier alpha value is 0.430. The van der Waals surface area contributed by atoms with E-state index in [2.05, 4.69) is 0 Å². The van der Waals surface area contributed by atoms with Crippen LogP contribution in [0.4, 0.5) is 0 Å². The monoisotopic (exact) mass is 142 g/mol. The Morgan fingerprint density at radius 2 is 2.22 bits per heavy atom. The van der Waals surface area contributed by atoms with E-state index >= 15 is 0 Å². The standard InChI is InChI=1S/C5H10O3.Na.H/c1-3-8-4(2)5(6)7;;/h4H,3H2,1-2H3,(H,6,7);;. The Kier molecular flexibility index (Phi) is 8.83. The van der Waals surface area contributed by atoms with Gasteiger partial charge in [-0.05, 0) is 13.8 Å². The maximum atomic E-state index is 9.96. The molecule has 1 atom stereocenters. The van der Waals surface area contributed by atoms with Crippen LogP contribution in [0.5, 0.6) is 0 Å². The van der Waals surface area contributed by atoms with Gasteiger partial charge < -0.3 is 9.84 Å². The van der Waals surface area contributed by atoms with Crippen molar-refractivity contribution in [1.82, 2.24) is 0 Å². The molecule has 50 valence electrons. The molecule has 9 heavy (non-hydrogen) atoms. The van der Waals surface area contributed by atoms with Crippen molar-refractivity contribution in [1.29, 1.82) is 0 Å². The summed E-state index contributed by atoms with van der Waals surface area (Å²) in [4.78, 5) is 9.96. The molecule has 0 aliphatic rings. The van der Waals surface area contributed by atoms with Gasteiger partial charge in [-0.2, -0.15) is 0 Å². The van der Waals surface area contributed by atoms with E-state index in [0.717, 1.165) is 0 Å². The first-order valence-corrected chi connectivity index (χ1v) is 2.53. The van der Waals surface area contributed by atoms with Crippen molar-refractivity contribution in [2.24, 2.45) is 0 Å². The second-order valence-corrected chi connectivity index (χ2v) is 1.44. The number of rotatable bonds is 3. The fraction of sp³-hybridized carbons (Fsp3) is 0.800. The van der Waals surface area contributed by atoms with Gasteiger partial charge in [-0.25, -0.2) is 4.79 Å². The molecular formula is C5H11NaO3. The fourth-order valence-corrected chi connectivity index (χ4v) is 0.321. The SMILES string of the molecule is CCOC(C)C(=O)O.[NaH]. The Bertz CT molecular complexity index is 84.3. The molecule has 0 radical (unpaired) electrons. The van der Waals surface area contributed by atoms with Gasteiger partial charge in [-0.3, -0.25) is 0 Å². The topological polar surface area (TPSA) is 46.5 Å². The predicted molar refractivity (Wildman–Crippen MR) is 35.9 cm³/mol. The molecule has 0 aliphatic heterocycles. The molecule has 4 heteroatoms. The molecule has 0 saturated carbocycles. The zero-order chi connectivity index (χ0) is 6.57. The minimum atomic E-state index is -0.910. The van der Waals surface area contributed by atoms with Crippen LogP contribution in [-0.4, -0.2) is 53.3 Å². The van der Waals surface area contributed by atoms with E-state index < -0.39 is 12.1 Å². The first-order chi connectivity index (χ1) is 3.68. The van der Waals surface area contributed by atoms with Gasteiger partial charge >= 0.3 is 35.5 Å². The number of carboxylic acids is 1. The zero-order valence-electron chi connectivity index (χ0n) is 5.05. The van der Waals surface area contributed by atoms with Crippen LogP contribution in [0.15, 0.2) is 0 Å². The molecule has 0 fully saturated rings. The van der Waals surface area contributed by atoms with E-state index in [1.165, 1.54) is 6.92 Å². The van der Waals surface area contributed by atoms with E-state index in [1.54, 1.807) is 6.92 Å². The van der Waals surface area contributed by atoms with E-state index in [4.69, 9.17) is 9.84 Å². The summed E-state index contributed by atoms with van der Waals surface area (Å²) in [5, 5.41) is 8.19. The third-order valence-electron chi connectivity index (χ3n) is 0.764. The Labute approximate surface area is 76.7 Å². The zero-order valence-corrected chi connectivity index (χ0v) is 5.05. The van der Waals surface area contributed by atoms with Gasteiger partial charge in [0.2, 0.25) is 0 Å². The Balaban J connectivity index is 0. The van der Waals surface area contributed by atoms with Crippen molar-refractivity contribution in [3.05, 3.63) is 0 Å². The predicted octanol–water partition coefficient (Wildman–Crippen LogP) is -0.153. The normalized spacial score (nSPS) is 11.8. The van der Waals surface area contributed by atoms with Crippen LogP contribution < -0.4 is 0 Å². The summed E-state index contributed by atoms with van der Waals surface area (Å²) < 4.78 is 4.70.